The Kier molecular flexibility index (Phi) is 2.58. The molecule has 14 heavy (non-hydrogen) atoms. The van der Waals surface area contributed by atoms with E-state index >= 15 is 0 Å². The maximum atomic E-state index is 4.23. The Labute approximate surface area is 97.1 Å². The number of aromatic nitrogens is 2. The fraction of sp³-hybridized carbons (Fsp3) is 0.182. The summed E-state index contributed by atoms with van der Waals surface area (Å²) < 4.78 is 3.10. The molecular formula is C11H11IN2. The number of hydrogen-bond donors (Lipinski definition) is 0. The monoisotopic (exact) mass is 298 g/mol. The molecule has 0 saturated heterocycles. The van der Waals surface area contributed by atoms with Crippen molar-refractivity contribution in [3.05, 3.63) is 39.6 Å². The lowest BCUT2D eigenvalue weighted by Gasteiger charge is -2.03. The van der Waals surface area contributed by atoms with Crippen molar-refractivity contribution in [2.75, 3.05) is 0 Å². The standard InChI is InChI=1S/C11H11IN2/c1-8-4-3-5-9(6-8)11-10(12)7-13-14(11)2/h3-7H,1-2H3. The smallest absolute Gasteiger partial charge is 0.0812 e. The quantitative estimate of drug-likeness (QED) is 0.740. The third-order valence-corrected chi connectivity index (χ3v) is 2.98. The topological polar surface area (TPSA) is 17.8 Å². The third kappa shape index (κ3) is 1.68. The molecule has 0 atom stereocenters. The Balaban J connectivity index is 2.59. The van der Waals surface area contributed by atoms with Gasteiger partial charge in [-0.3, -0.25) is 4.68 Å². The largest absolute Gasteiger partial charge is 0.267 e. The Morgan fingerprint density at radius 1 is 1.36 bits per heavy atom. The van der Waals surface area contributed by atoms with Crippen molar-refractivity contribution in [2.45, 2.75) is 6.92 Å². The van der Waals surface area contributed by atoms with Gasteiger partial charge in [0.15, 0.2) is 0 Å². The van der Waals surface area contributed by atoms with Crippen LogP contribution in [0.2, 0.25) is 0 Å². The molecule has 72 valence electrons. The minimum atomic E-state index is 1.19. The molecule has 0 radical (unpaired) electrons. The van der Waals surface area contributed by atoms with E-state index in [1.165, 1.54) is 20.4 Å². The third-order valence-electron chi connectivity index (χ3n) is 2.19. The highest BCUT2D eigenvalue weighted by Crippen LogP contribution is 2.24. The summed E-state index contributed by atoms with van der Waals surface area (Å²) in [5, 5.41) is 4.23. The first-order valence-electron chi connectivity index (χ1n) is 4.43. The van der Waals surface area contributed by atoms with Gasteiger partial charge in [-0.25, -0.2) is 0 Å². The van der Waals surface area contributed by atoms with Crippen LogP contribution in [0.5, 0.6) is 0 Å². The molecule has 1 aromatic carbocycles. The Morgan fingerprint density at radius 3 is 2.71 bits per heavy atom. The Hall–Kier alpha value is -0.840. The molecule has 0 spiro atoms. The minimum Gasteiger partial charge on any atom is -0.267 e. The highest BCUT2D eigenvalue weighted by atomic mass is 127. The van der Waals surface area contributed by atoms with Crippen molar-refractivity contribution in [1.29, 1.82) is 0 Å². The summed E-state index contributed by atoms with van der Waals surface area (Å²) in [5.41, 5.74) is 3.70. The van der Waals surface area contributed by atoms with Crippen molar-refractivity contribution in [3.63, 3.8) is 0 Å². The van der Waals surface area contributed by atoms with Gasteiger partial charge in [-0.2, -0.15) is 5.10 Å². The van der Waals surface area contributed by atoms with E-state index in [0.717, 1.165) is 0 Å². The fourth-order valence-corrected chi connectivity index (χ4v) is 2.31. The molecule has 2 aromatic rings. The van der Waals surface area contributed by atoms with Crippen LogP contribution in [0.25, 0.3) is 11.3 Å². The average molecular weight is 298 g/mol. The van der Waals surface area contributed by atoms with Crippen LogP contribution in [0.4, 0.5) is 0 Å². The summed E-state index contributed by atoms with van der Waals surface area (Å²) in [4.78, 5) is 0. The summed E-state index contributed by atoms with van der Waals surface area (Å²) in [5.74, 6) is 0. The molecule has 0 aliphatic carbocycles. The molecule has 2 nitrogen and oxygen atoms in total. The van der Waals surface area contributed by atoms with Gasteiger partial charge >= 0.3 is 0 Å². The van der Waals surface area contributed by atoms with E-state index in [9.17, 15) is 0 Å². The van der Waals surface area contributed by atoms with E-state index in [2.05, 4.69) is 58.9 Å². The van der Waals surface area contributed by atoms with E-state index < -0.39 is 0 Å². The molecule has 0 amide bonds. The van der Waals surface area contributed by atoms with Crippen LogP contribution in [0.1, 0.15) is 5.56 Å². The van der Waals surface area contributed by atoms with Crippen LogP contribution in [0, 0.1) is 10.5 Å². The molecule has 0 unspecified atom stereocenters. The van der Waals surface area contributed by atoms with Gasteiger partial charge in [0.2, 0.25) is 0 Å². The van der Waals surface area contributed by atoms with E-state index in [4.69, 9.17) is 0 Å². The van der Waals surface area contributed by atoms with Crippen LogP contribution in [-0.4, -0.2) is 9.78 Å². The second-order valence-corrected chi connectivity index (χ2v) is 4.50. The minimum absolute atomic E-state index is 1.19. The first kappa shape index (κ1) is 9.71. The highest BCUT2D eigenvalue weighted by Gasteiger charge is 2.07. The fourth-order valence-electron chi connectivity index (χ4n) is 1.53. The number of hydrogen-bond acceptors (Lipinski definition) is 1. The van der Waals surface area contributed by atoms with E-state index in [-0.39, 0.29) is 0 Å². The van der Waals surface area contributed by atoms with Crippen molar-refractivity contribution >= 4 is 22.6 Å². The molecule has 0 bridgehead atoms. The van der Waals surface area contributed by atoms with Gasteiger partial charge in [0.05, 0.1) is 15.5 Å². The normalized spacial score (nSPS) is 10.5. The molecule has 0 aliphatic rings. The van der Waals surface area contributed by atoms with Crippen molar-refractivity contribution < 1.29 is 0 Å². The van der Waals surface area contributed by atoms with E-state index in [1.807, 2.05) is 17.9 Å². The molecule has 0 fully saturated rings. The summed E-state index contributed by atoms with van der Waals surface area (Å²) in [6, 6.07) is 8.48. The van der Waals surface area contributed by atoms with E-state index in [0.29, 0.717) is 0 Å². The molecule has 2 rings (SSSR count). The van der Waals surface area contributed by atoms with Crippen molar-refractivity contribution in [3.8, 4) is 11.3 Å². The van der Waals surface area contributed by atoms with Gasteiger partial charge in [-0.1, -0.05) is 23.8 Å². The van der Waals surface area contributed by atoms with Gasteiger partial charge in [-0.15, -0.1) is 0 Å². The molecule has 1 aromatic heterocycles. The molecule has 0 N–H and O–H groups in total. The van der Waals surface area contributed by atoms with E-state index in [1.54, 1.807) is 0 Å². The number of benzene rings is 1. The van der Waals surface area contributed by atoms with Gasteiger partial charge < -0.3 is 0 Å². The number of rotatable bonds is 1. The molecular weight excluding hydrogens is 287 g/mol. The lowest BCUT2D eigenvalue weighted by atomic mass is 10.1. The van der Waals surface area contributed by atoms with Crippen LogP contribution in [0.15, 0.2) is 30.5 Å². The lowest BCUT2D eigenvalue weighted by Crippen LogP contribution is -1.94. The lowest BCUT2D eigenvalue weighted by molar-refractivity contribution is 0.775. The van der Waals surface area contributed by atoms with Crippen LogP contribution < -0.4 is 0 Å². The molecule has 1 heterocycles. The predicted octanol–water partition coefficient (Wildman–Crippen LogP) is 3.00. The van der Waals surface area contributed by atoms with Crippen LogP contribution >= 0.6 is 22.6 Å². The molecule has 0 saturated carbocycles. The summed E-state index contributed by atoms with van der Waals surface area (Å²) in [6.45, 7) is 2.10. The van der Waals surface area contributed by atoms with Crippen LogP contribution in [-0.2, 0) is 7.05 Å². The average Bonchev–Trinajstić information content (AvgIpc) is 2.46. The number of halogens is 1. The van der Waals surface area contributed by atoms with Gasteiger partial charge in [-0.05, 0) is 35.6 Å². The first-order chi connectivity index (χ1) is 6.68. The zero-order valence-corrected chi connectivity index (χ0v) is 10.3. The second kappa shape index (κ2) is 3.73. The highest BCUT2D eigenvalue weighted by molar-refractivity contribution is 14.1. The predicted molar refractivity (Wildman–Crippen MR) is 66.1 cm³/mol. The SMILES string of the molecule is Cc1cccc(-c2c(I)cnn2C)c1. The summed E-state index contributed by atoms with van der Waals surface area (Å²) in [7, 11) is 1.97. The maximum absolute atomic E-state index is 4.23. The summed E-state index contributed by atoms with van der Waals surface area (Å²) >= 11 is 2.31. The summed E-state index contributed by atoms with van der Waals surface area (Å²) in [6.07, 6.45) is 1.89. The number of nitrogens with zero attached hydrogens (tertiary/aromatic N) is 2. The first-order valence-corrected chi connectivity index (χ1v) is 5.51. The van der Waals surface area contributed by atoms with Crippen LogP contribution in [0.3, 0.4) is 0 Å². The maximum Gasteiger partial charge on any atom is 0.0812 e. The zero-order chi connectivity index (χ0) is 10.1. The number of aryl methyl sites for hydroxylation is 2. The molecule has 3 heteroatoms. The molecule has 0 aliphatic heterocycles. The zero-order valence-electron chi connectivity index (χ0n) is 8.16. The van der Waals surface area contributed by atoms with Gasteiger partial charge in [0, 0.05) is 12.6 Å². The Morgan fingerprint density at radius 2 is 2.14 bits per heavy atom. The second-order valence-electron chi connectivity index (χ2n) is 3.33. The van der Waals surface area contributed by atoms with Gasteiger partial charge in [0.25, 0.3) is 0 Å². The Bertz CT molecular complexity index is 441. The van der Waals surface area contributed by atoms with Crippen molar-refractivity contribution in [1.82, 2.24) is 9.78 Å². The van der Waals surface area contributed by atoms with Gasteiger partial charge in [0.1, 0.15) is 0 Å². The van der Waals surface area contributed by atoms with Crippen molar-refractivity contribution in [2.24, 2.45) is 7.05 Å².